The molecular weight excluding hydrogens is 498 g/mol. The molecule has 5 nitrogen and oxygen atoms in total. The maximum Gasteiger partial charge on any atom is 0.416 e. The molecule has 35 heavy (non-hydrogen) atoms. The van der Waals surface area contributed by atoms with Crippen molar-refractivity contribution in [1.82, 2.24) is 9.62 Å². The highest BCUT2D eigenvalue weighted by Crippen LogP contribution is 2.36. The minimum absolute atomic E-state index is 0.0490. The molecule has 1 aliphatic rings. The first-order chi connectivity index (χ1) is 16.2. The Kier molecular flexibility index (Phi) is 7.85. The zero-order chi connectivity index (χ0) is 26.0. The second-order valence-corrected chi connectivity index (χ2v) is 10.3. The van der Waals surface area contributed by atoms with E-state index in [1.54, 1.807) is 12.1 Å². The molecule has 0 bridgehead atoms. The van der Waals surface area contributed by atoms with Gasteiger partial charge in [0.25, 0.3) is 5.91 Å². The Morgan fingerprint density at radius 2 is 1.54 bits per heavy atom. The van der Waals surface area contributed by atoms with Gasteiger partial charge < -0.3 is 5.32 Å². The quantitative estimate of drug-likeness (QED) is 0.517. The van der Waals surface area contributed by atoms with E-state index in [4.69, 9.17) is 0 Å². The summed E-state index contributed by atoms with van der Waals surface area (Å²) in [5.74, 6) is -1.11. The van der Waals surface area contributed by atoms with Gasteiger partial charge in [0.1, 0.15) is 0 Å². The third-order valence-electron chi connectivity index (χ3n) is 5.81. The van der Waals surface area contributed by atoms with Gasteiger partial charge in [-0.3, -0.25) is 4.79 Å². The summed E-state index contributed by atoms with van der Waals surface area (Å²) in [6, 6.07) is 6.56. The number of aryl methyl sites for hydroxylation is 1. The highest BCUT2D eigenvalue weighted by Gasteiger charge is 2.38. The standard InChI is InChI=1S/C23H24F6N2O3S/c1-15-5-7-20(8-6-15)35(33,34)31-11-3-2-4-19(31)9-10-30-21(32)16-12-17(22(24,25)26)14-18(13-16)23(27,28)29/h5-8,12-14,19H,2-4,9-11H2,1H3,(H,30,32). The van der Waals surface area contributed by atoms with Crippen LogP contribution >= 0.6 is 0 Å². The Morgan fingerprint density at radius 1 is 0.971 bits per heavy atom. The number of alkyl halides is 6. The van der Waals surface area contributed by atoms with Crippen molar-refractivity contribution in [2.24, 2.45) is 0 Å². The number of benzene rings is 2. The van der Waals surface area contributed by atoms with Crippen LogP contribution in [0.3, 0.4) is 0 Å². The van der Waals surface area contributed by atoms with Crippen molar-refractivity contribution in [3.63, 3.8) is 0 Å². The van der Waals surface area contributed by atoms with E-state index in [1.165, 1.54) is 16.4 Å². The summed E-state index contributed by atoms with van der Waals surface area (Å²) >= 11 is 0. The number of carbonyl (C=O) groups excluding carboxylic acids is 1. The van der Waals surface area contributed by atoms with Crippen LogP contribution in [0.1, 0.15) is 52.7 Å². The van der Waals surface area contributed by atoms with Gasteiger partial charge in [-0.2, -0.15) is 30.6 Å². The number of nitrogens with zero attached hydrogens (tertiary/aromatic N) is 1. The predicted molar refractivity (Wildman–Crippen MR) is 116 cm³/mol. The normalized spacial score (nSPS) is 17.9. The van der Waals surface area contributed by atoms with E-state index in [1.807, 2.05) is 6.92 Å². The molecule has 2 aromatic rings. The summed E-state index contributed by atoms with van der Waals surface area (Å²) in [4.78, 5) is 12.5. The van der Waals surface area contributed by atoms with Crippen molar-refractivity contribution in [3.8, 4) is 0 Å². The molecule has 1 atom stereocenters. The van der Waals surface area contributed by atoms with E-state index < -0.39 is 51.0 Å². The fourth-order valence-corrected chi connectivity index (χ4v) is 5.69. The number of rotatable bonds is 6. The molecule has 0 saturated carbocycles. The van der Waals surface area contributed by atoms with E-state index in [0.29, 0.717) is 25.0 Å². The van der Waals surface area contributed by atoms with Gasteiger partial charge >= 0.3 is 12.4 Å². The van der Waals surface area contributed by atoms with Crippen LogP contribution < -0.4 is 5.32 Å². The molecule has 1 saturated heterocycles. The molecule has 2 aromatic carbocycles. The molecule has 0 aliphatic carbocycles. The first-order valence-corrected chi connectivity index (χ1v) is 12.3. The Hall–Kier alpha value is -2.60. The Labute approximate surface area is 199 Å². The SMILES string of the molecule is Cc1ccc(S(=O)(=O)N2CCCCC2CCNC(=O)c2cc(C(F)(F)F)cc(C(F)(F)F)c2)cc1. The lowest BCUT2D eigenvalue weighted by molar-refractivity contribution is -0.143. The van der Waals surface area contributed by atoms with E-state index in [2.05, 4.69) is 5.32 Å². The Bertz CT molecular complexity index is 1130. The van der Waals surface area contributed by atoms with Gasteiger partial charge in [-0.05, 0) is 56.5 Å². The lowest BCUT2D eigenvalue weighted by Crippen LogP contribution is -2.45. The van der Waals surface area contributed by atoms with Gasteiger partial charge in [0.2, 0.25) is 10.0 Å². The summed E-state index contributed by atoms with van der Waals surface area (Å²) in [6.45, 7) is 1.98. The molecule has 3 rings (SSSR count). The van der Waals surface area contributed by atoms with Gasteiger partial charge in [-0.25, -0.2) is 8.42 Å². The molecule has 1 aliphatic heterocycles. The number of piperidine rings is 1. The van der Waals surface area contributed by atoms with E-state index >= 15 is 0 Å². The van der Waals surface area contributed by atoms with Crippen molar-refractivity contribution in [2.75, 3.05) is 13.1 Å². The van der Waals surface area contributed by atoms with Gasteiger partial charge in [-0.1, -0.05) is 24.1 Å². The van der Waals surface area contributed by atoms with Crippen molar-refractivity contribution in [3.05, 3.63) is 64.7 Å². The van der Waals surface area contributed by atoms with Crippen LogP contribution in [0, 0.1) is 6.92 Å². The molecule has 1 heterocycles. The van der Waals surface area contributed by atoms with E-state index in [0.717, 1.165) is 12.0 Å². The summed E-state index contributed by atoms with van der Waals surface area (Å²) < 4.78 is 106. The highest BCUT2D eigenvalue weighted by atomic mass is 32.2. The smallest absolute Gasteiger partial charge is 0.352 e. The van der Waals surface area contributed by atoms with Crippen molar-refractivity contribution in [1.29, 1.82) is 0 Å². The van der Waals surface area contributed by atoms with Crippen molar-refractivity contribution < 1.29 is 39.6 Å². The van der Waals surface area contributed by atoms with Crippen LogP contribution in [0.25, 0.3) is 0 Å². The number of sulfonamides is 1. The molecule has 192 valence electrons. The third kappa shape index (κ3) is 6.54. The average molecular weight is 523 g/mol. The maximum absolute atomic E-state index is 13.1. The molecule has 1 unspecified atom stereocenters. The molecule has 0 aromatic heterocycles. The number of carbonyl (C=O) groups is 1. The lowest BCUT2D eigenvalue weighted by Gasteiger charge is -2.34. The first-order valence-electron chi connectivity index (χ1n) is 10.9. The number of hydrogen-bond donors (Lipinski definition) is 1. The van der Waals surface area contributed by atoms with Crippen LogP contribution in [-0.4, -0.2) is 37.8 Å². The lowest BCUT2D eigenvalue weighted by atomic mass is 10.0. The first kappa shape index (κ1) is 27.0. The van der Waals surface area contributed by atoms with Crippen molar-refractivity contribution in [2.45, 2.75) is 55.9 Å². The van der Waals surface area contributed by atoms with Crippen LogP contribution in [0.5, 0.6) is 0 Å². The number of halogens is 6. The van der Waals surface area contributed by atoms with Gasteiger partial charge in [0, 0.05) is 24.7 Å². The van der Waals surface area contributed by atoms with E-state index in [9.17, 15) is 39.6 Å². The molecule has 0 radical (unpaired) electrons. The number of nitrogens with one attached hydrogen (secondary N) is 1. The molecule has 1 amide bonds. The maximum atomic E-state index is 13.1. The summed E-state index contributed by atoms with van der Waals surface area (Å²) in [6.07, 6.45) is -8.06. The van der Waals surface area contributed by atoms with Gasteiger partial charge in [0.15, 0.2) is 0 Å². The zero-order valence-electron chi connectivity index (χ0n) is 18.7. The molecule has 1 N–H and O–H groups in total. The number of amides is 1. The summed E-state index contributed by atoms with van der Waals surface area (Å²) in [5, 5.41) is 2.33. The minimum atomic E-state index is -5.07. The average Bonchev–Trinajstić information content (AvgIpc) is 2.78. The Morgan fingerprint density at radius 3 is 2.09 bits per heavy atom. The largest absolute Gasteiger partial charge is 0.416 e. The summed E-state index contributed by atoms with van der Waals surface area (Å²) in [5.41, 5.74) is -3.05. The molecule has 12 heteroatoms. The fraction of sp³-hybridized carbons (Fsp3) is 0.435. The van der Waals surface area contributed by atoms with Gasteiger partial charge in [0.05, 0.1) is 16.0 Å². The fourth-order valence-electron chi connectivity index (χ4n) is 3.96. The van der Waals surface area contributed by atoms with Crippen LogP contribution in [0.15, 0.2) is 47.4 Å². The predicted octanol–water partition coefficient (Wildman–Crippen LogP) is 5.40. The highest BCUT2D eigenvalue weighted by molar-refractivity contribution is 7.89. The third-order valence-corrected chi connectivity index (χ3v) is 7.78. The topological polar surface area (TPSA) is 66.5 Å². The van der Waals surface area contributed by atoms with Crippen LogP contribution in [0.4, 0.5) is 26.3 Å². The number of hydrogen-bond acceptors (Lipinski definition) is 3. The second kappa shape index (κ2) is 10.2. The van der Waals surface area contributed by atoms with E-state index in [-0.39, 0.29) is 30.5 Å². The van der Waals surface area contributed by atoms with Crippen LogP contribution in [0.2, 0.25) is 0 Å². The Balaban J connectivity index is 1.73. The zero-order valence-corrected chi connectivity index (χ0v) is 19.5. The summed E-state index contributed by atoms with van der Waals surface area (Å²) in [7, 11) is -3.80. The van der Waals surface area contributed by atoms with Crippen molar-refractivity contribution >= 4 is 15.9 Å². The van der Waals surface area contributed by atoms with Crippen LogP contribution in [-0.2, 0) is 22.4 Å². The molecule has 0 spiro atoms. The minimum Gasteiger partial charge on any atom is -0.352 e. The monoisotopic (exact) mass is 522 g/mol. The van der Waals surface area contributed by atoms with Gasteiger partial charge in [-0.15, -0.1) is 0 Å². The molecule has 1 fully saturated rings. The second-order valence-electron chi connectivity index (χ2n) is 8.42. The molecular formula is C23H24F6N2O3S.